The molecule has 142 valence electrons. The standard InChI is InChI=1S/C19H20BrN3O3S/c1-13-7-9-16(15(20)11-13)26-12-18(25)22-23-19(27)21-17(24)10-8-14-5-3-2-4-6-14/h2-7,9,11H,8,10,12H2,1H3,(H,22,25)(H2,21,23,24,27). The molecule has 0 heterocycles. The van der Waals surface area contributed by atoms with Crippen LogP contribution < -0.4 is 20.9 Å². The van der Waals surface area contributed by atoms with Crippen molar-refractivity contribution < 1.29 is 14.3 Å². The van der Waals surface area contributed by atoms with Gasteiger partial charge in [0.05, 0.1) is 4.47 Å². The third-order valence-electron chi connectivity index (χ3n) is 3.50. The Morgan fingerprint density at radius 2 is 1.81 bits per heavy atom. The molecule has 8 heteroatoms. The van der Waals surface area contributed by atoms with E-state index in [0.29, 0.717) is 18.6 Å². The lowest BCUT2D eigenvalue weighted by atomic mass is 10.1. The lowest BCUT2D eigenvalue weighted by Crippen LogP contribution is -2.49. The molecule has 0 aliphatic carbocycles. The molecule has 0 atom stereocenters. The van der Waals surface area contributed by atoms with Crippen molar-refractivity contribution in [3.8, 4) is 5.75 Å². The Bertz CT molecular complexity index is 815. The highest BCUT2D eigenvalue weighted by molar-refractivity contribution is 9.10. The summed E-state index contributed by atoms with van der Waals surface area (Å²) < 4.78 is 6.19. The van der Waals surface area contributed by atoms with Gasteiger partial charge in [0.2, 0.25) is 5.91 Å². The lowest BCUT2D eigenvalue weighted by molar-refractivity contribution is -0.124. The highest BCUT2D eigenvalue weighted by atomic mass is 79.9. The average molecular weight is 450 g/mol. The number of aryl methyl sites for hydroxylation is 2. The third-order valence-corrected chi connectivity index (χ3v) is 4.32. The number of carbonyl (C=O) groups excluding carboxylic acids is 2. The Morgan fingerprint density at radius 3 is 2.52 bits per heavy atom. The van der Waals surface area contributed by atoms with E-state index >= 15 is 0 Å². The predicted molar refractivity (Wildman–Crippen MR) is 111 cm³/mol. The summed E-state index contributed by atoms with van der Waals surface area (Å²) >= 11 is 8.36. The minimum Gasteiger partial charge on any atom is -0.483 e. The molecule has 0 aliphatic rings. The number of hydrogen-bond donors (Lipinski definition) is 3. The maximum Gasteiger partial charge on any atom is 0.276 e. The molecule has 0 fully saturated rings. The first-order chi connectivity index (χ1) is 12.9. The van der Waals surface area contributed by atoms with Gasteiger partial charge < -0.3 is 10.1 Å². The maximum absolute atomic E-state index is 11.9. The van der Waals surface area contributed by atoms with Gasteiger partial charge in [-0.25, -0.2) is 0 Å². The van der Waals surface area contributed by atoms with E-state index in [-0.39, 0.29) is 17.6 Å². The van der Waals surface area contributed by atoms with Crippen molar-refractivity contribution >= 4 is 45.1 Å². The monoisotopic (exact) mass is 449 g/mol. The maximum atomic E-state index is 11.9. The molecule has 0 unspecified atom stereocenters. The summed E-state index contributed by atoms with van der Waals surface area (Å²) in [5.41, 5.74) is 7.00. The average Bonchev–Trinajstić information content (AvgIpc) is 2.65. The fourth-order valence-electron chi connectivity index (χ4n) is 2.15. The Morgan fingerprint density at radius 1 is 1.07 bits per heavy atom. The van der Waals surface area contributed by atoms with E-state index in [1.807, 2.05) is 49.4 Å². The zero-order valence-electron chi connectivity index (χ0n) is 14.8. The largest absolute Gasteiger partial charge is 0.483 e. The van der Waals surface area contributed by atoms with E-state index in [0.717, 1.165) is 15.6 Å². The van der Waals surface area contributed by atoms with Crippen molar-refractivity contribution in [3.05, 3.63) is 64.1 Å². The molecular weight excluding hydrogens is 430 g/mol. The first-order valence-electron chi connectivity index (χ1n) is 8.25. The van der Waals surface area contributed by atoms with E-state index in [2.05, 4.69) is 32.1 Å². The van der Waals surface area contributed by atoms with Crippen molar-refractivity contribution in [1.29, 1.82) is 0 Å². The highest BCUT2D eigenvalue weighted by Gasteiger charge is 2.08. The van der Waals surface area contributed by atoms with Gasteiger partial charge in [0.1, 0.15) is 5.75 Å². The van der Waals surface area contributed by atoms with E-state index in [9.17, 15) is 9.59 Å². The molecule has 2 aromatic rings. The van der Waals surface area contributed by atoms with E-state index in [4.69, 9.17) is 17.0 Å². The van der Waals surface area contributed by atoms with Crippen molar-refractivity contribution in [2.24, 2.45) is 0 Å². The number of halogens is 1. The second-order valence-corrected chi connectivity index (χ2v) is 7.02. The molecule has 0 aromatic heterocycles. The summed E-state index contributed by atoms with van der Waals surface area (Å²) in [6.07, 6.45) is 0.908. The van der Waals surface area contributed by atoms with Gasteiger partial charge in [-0.05, 0) is 64.8 Å². The van der Waals surface area contributed by atoms with Gasteiger partial charge in [-0.1, -0.05) is 36.4 Å². The van der Waals surface area contributed by atoms with E-state index < -0.39 is 5.91 Å². The minimum atomic E-state index is -0.427. The van der Waals surface area contributed by atoms with Crippen LogP contribution in [0.3, 0.4) is 0 Å². The zero-order chi connectivity index (χ0) is 19.6. The molecule has 3 N–H and O–H groups in total. The molecule has 0 radical (unpaired) electrons. The van der Waals surface area contributed by atoms with Crippen LogP contribution in [0.25, 0.3) is 0 Å². The number of thiocarbonyl (C=S) groups is 1. The fraction of sp³-hybridized carbons (Fsp3) is 0.211. The van der Waals surface area contributed by atoms with Gasteiger partial charge in [-0.3, -0.25) is 20.4 Å². The van der Waals surface area contributed by atoms with Crippen LogP contribution in [0.15, 0.2) is 53.0 Å². The van der Waals surface area contributed by atoms with Crippen molar-refractivity contribution in [2.75, 3.05) is 6.61 Å². The lowest BCUT2D eigenvalue weighted by Gasteiger charge is -2.12. The number of rotatable bonds is 6. The van der Waals surface area contributed by atoms with Crippen LogP contribution in [0.4, 0.5) is 0 Å². The quantitative estimate of drug-likeness (QED) is 0.466. The van der Waals surface area contributed by atoms with Gasteiger partial charge in [0.15, 0.2) is 11.7 Å². The first-order valence-corrected chi connectivity index (χ1v) is 9.45. The second-order valence-electron chi connectivity index (χ2n) is 5.76. The molecule has 0 saturated carbocycles. The van der Waals surface area contributed by atoms with Gasteiger partial charge >= 0.3 is 0 Å². The van der Waals surface area contributed by atoms with Crippen LogP contribution in [0.2, 0.25) is 0 Å². The number of carbonyl (C=O) groups is 2. The molecule has 27 heavy (non-hydrogen) atoms. The molecule has 6 nitrogen and oxygen atoms in total. The topological polar surface area (TPSA) is 79.5 Å². The summed E-state index contributed by atoms with van der Waals surface area (Å²) in [5, 5.41) is 2.54. The minimum absolute atomic E-state index is 0.0259. The summed E-state index contributed by atoms with van der Waals surface area (Å²) in [6.45, 7) is 1.76. The van der Waals surface area contributed by atoms with Gasteiger partial charge in [-0.15, -0.1) is 0 Å². The van der Waals surface area contributed by atoms with Crippen LogP contribution in [-0.4, -0.2) is 23.5 Å². The smallest absolute Gasteiger partial charge is 0.276 e. The van der Waals surface area contributed by atoms with Gasteiger partial charge in [0, 0.05) is 6.42 Å². The number of amides is 2. The van der Waals surface area contributed by atoms with Crippen LogP contribution in [0, 0.1) is 6.92 Å². The van der Waals surface area contributed by atoms with Crippen LogP contribution >= 0.6 is 28.1 Å². The van der Waals surface area contributed by atoms with Crippen molar-refractivity contribution in [1.82, 2.24) is 16.2 Å². The first kappa shape index (κ1) is 20.9. The van der Waals surface area contributed by atoms with Crippen molar-refractivity contribution in [2.45, 2.75) is 19.8 Å². The summed E-state index contributed by atoms with van der Waals surface area (Å²) in [4.78, 5) is 23.7. The molecule has 2 amide bonds. The molecular formula is C19H20BrN3O3S. The predicted octanol–water partition coefficient (Wildman–Crippen LogP) is 2.79. The Balaban J connectivity index is 1.65. The molecule has 0 aliphatic heterocycles. The molecule has 0 saturated heterocycles. The number of benzene rings is 2. The Kier molecular flexibility index (Phi) is 8.22. The van der Waals surface area contributed by atoms with Crippen LogP contribution in [-0.2, 0) is 16.0 Å². The van der Waals surface area contributed by atoms with Crippen LogP contribution in [0.1, 0.15) is 17.5 Å². The fourth-order valence-corrected chi connectivity index (χ4v) is 2.92. The Labute approximate surface area is 171 Å². The summed E-state index contributed by atoms with van der Waals surface area (Å²) in [6, 6.07) is 15.2. The number of ether oxygens (including phenoxy) is 1. The normalized spacial score (nSPS) is 10.0. The molecule has 0 bridgehead atoms. The van der Waals surface area contributed by atoms with Crippen LogP contribution in [0.5, 0.6) is 5.75 Å². The summed E-state index contributed by atoms with van der Waals surface area (Å²) in [7, 11) is 0. The number of nitrogens with one attached hydrogen (secondary N) is 3. The highest BCUT2D eigenvalue weighted by Crippen LogP contribution is 2.25. The van der Waals surface area contributed by atoms with E-state index in [1.165, 1.54) is 0 Å². The molecule has 0 spiro atoms. The number of hydrogen-bond acceptors (Lipinski definition) is 4. The van der Waals surface area contributed by atoms with Gasteiger partial charge in [-0.2, -0.15) is 0 Å². The molecule has 2 aromatic carbocycles. The van der Waals surface area contributed by atoms with E-state index in [1.54, 1.807) is 6.07 Å². The number of hydrazine groups is 1. The summed E-state index contributed by atoms with van der Waals surface area (Å²) in [5.74, 6) is -0.0960. The van der Waals surface area contributed by atoms with Gasteiger partial charge in [0.25, 0.3) is 5.91 Å². The Hall–Kier alpha value is -2.45. The second kappa shape index (κ2) is 10.6. The zero-order valence-corrected chi connectivity index (χ0v) is 17.2. The third kappa shape index (κ3) is 7.76. The van der Waals surface area contributed by atoms with Crippen molar-refractivity contribution in [3.63, 3.8) is 0 Å². The molecule has 2 rings (SSSR count). The SMILES string of the molecule is Cc1ccc(OCC(=O)NNC(=S)NC(=O)CCc2ccccc2)c(Br)c1.